The lowest BCUT2D eigenvalue weighted by atomic mass is 10.2. The SMILES string of the molecule is CCOC(=O)c1ccc(S(=O)(=O)N(C)CC(C)C(=O)O)cc1. The van der Waals surface area contributed by atoms with E-state index in [-0.39, 0.29) is 23.6 Å². The third kappa shape index (κ3) is 4.28. The Labute approximate surface area is 129 Å². The van der Waals surface area contributed by atoms with E-state index < -0.39 is 27.9 Å². The van der Waals surface area contributed by atoms with E-state index in [0.29, 0.717) is 0 Å². The first-order valence-electron chi connectivity index (χ1n) is 6.66. The molecule has 0 saturated heterocycles. The van der Waals surface area contributed by atoms with E-state index in [1.165, 1.54) is 38.2 Å². The average Bonchev–Trinajstić information content (AvgIpc) is 2.47. The molecule has 0 heterocycles. The van der Waals surface area contributed by atoms with Crippen LogP contribution < -0.4 is 0 Å². The van der Waals surface area contributed by atoms with Crippen molar-refractivity contribution in [1.29, 1.82) is 0 Å². The molecule has 1 rings (SSSR count). The number of rotatable bonds is 7. The topological polar surface area (TPSA) is 101 Å². The van der Waals surface area contributed by atoms with E-state index in [1.54, 1.807) is 6.92 Å². The van der Waals surface area contributed by atoms with E-state index in [2.05, 4.69) is 0 Å². The van der Waals surface area contributed by atoms with Gasteiger partial charge in [0.2, 0.25) is 10.0 Å². The fraction of sp³-hybridized carbons (Fsp3) is 0.429. The lowest BCUT2D eigenvalue weighted by Crippen LogP contribution is -2.33. The molecule has 0 bridgehead atoms. The van der Waals surface area contributed by atoms with Crippen LogP contribution in [0.2, 0.25) is 0 Å². The number of aliphatic carboxylic acids is 1. The monoisotopic (exact) mass is 329 g/mol. The Morgan fingerprint density at radius 3 is 2.27 bits per heavy atom. The minimum absolute atomic E-state index is 0.0133. The maximum absolute atomic E-state index is 12.3. The summed E-state index contributed by atoms with van der Waals surface area (Å²) in [5.41, 5.74) is 0.252. The number of nitrogens with zero attached hydrogens (tertiary/aromatic N) is 1. The normalized spacial score (nSPS) is 12.9. The van der Waals surface area contributed by atoms with Crippen molar-refractivity contribution in [2.24, 2.45) is 5.92 Å². The first-order chi connectivity index (χ1) is 10.2. The van der Waals surface area contributed by atoms with Gasteiger partial charge in [-0.25, -0.2) is 17.5 Å². The quantitative estimate of drug-likeness (QED) is 0.754. The number of benzene rings is 1. The summed E-state index contributed by atoms with van der Waals surface area (Å²) >= 11 is 0. The van der Waals surface area contributed by atoms with Crippen LogP contribution in [-0.2, 0) is 19.6 Å². The highest BCUT2D eigenvalue weighted by molar-refractivity contribution is 7.89. The van der Waals surface area contributed by atoms with Crippen LogP contribution in [0.25, 0.3) is 0 Å². The molecule has 0 aliphatic heterocycles. The zero-order chi connectivity index (χ0) is 16.9. The predicted octanol–water partition coefficient (Wildman–Crippen LogP) is 1.20. The number of hydrogen-bond acceptors (Lipinski definition) is 5. The van der Waals surface area contributed by atoms with Gasteiger partial charge in [-0.05, 0) is 31.2 Å². The predicted molar refractivity (Wildman–Crippen MR) is 79.0 cm³/mol. The van der Waals surface area contributed by atoms with Crippen LogP contribution in [0.4, 0.5) is 0 Å². The van der Waals surface area contributed by atoms with E-state index in [9.17, 15) is 18.0 Å². The number of carbonyl (C=O) groups excluding carboxylic acids is 1. The van der Waals surface area contributed by atoms with Crippen LogP contribution in [0.5, 0.6) is 0 Å². The Bertz CT molecular complexity index is 638. The van der Waals surface area contributed by atoms with Crippen molar-refractivity contribution in [2.75, 3.05) is 20.2 Å². The molecule has 122 valence electrons. The number of carbonyl (C=O) groups is 2. The highest BCUT2D eigenvalue weighted by atomic mass is 32.2. The molecule has 0 fully saturated rings. The molecule has 0 aliphatic carbocycles. The zero-order valence-corrected chi connectivity index (χ0v) is 13.5. The van der Waals surface area contributed by atoms with Crippen molar-refractivity contribution < 1.29 is 27.9 Å². The second-order valence-electron chi connectivity index (χ2n) is 4.77. The minimum Gasteiger partial charge on any atom is -0.481 e. The summed E-state index contributed by atoms with van der Waals surface area (Å²) in [6.45, 7) is 3.19. The molecule has 22 heavy (non-hydrogen) atoms. The summed E-state index contributed by atoms with van der Waals surface area (Å²) in [4.78, 5) is 22.3. The van der Waals surface area contributed by atoms with Gasteiger partial charge in [0, 0.05) is 13.6 Å². The molecular formula is C14H19NO6S. The molecule has 1 N–H and O–H groups in total. The number of sulfonamides is 1. The maximum Gasteiger partial charge on any atom is 0.338 e. The second kappa shape index (κ2) is 7.37. The lowest BCUT2D eigenvalue weighted by molar-refractivity contribution is -0.141. The van der Waals surface area contributed by atoms with Gasteiger partial charge in [-0.3, -0.25) is 4.79 Å². The van der Waals surface area contributed by atoms with Crippen LogP contribution in [0.15, 0.2) is 29.2 Å². The van der Waals surface area contributed by atoms with Crippen molar-refractivity contribution in [3.05, 3.63) is 29.8 Å². The number of carboxylic acids is 1. The van der Waals surface area contributed by atoms with Crippen LogP contribution in [-0.4, -0.2) is 50.0 Å². The largest absolute Gasteiger partial charge is 0.481 e. The van der Waals surface area contributed by atoms with Crippen LogP contribution >= 0.6 is 0 Å². The van der Waals surface area contributed by atoms with Gasteiger partial charge in [-0.2, -0.15) is 0 Å². The van der Waals surface area contributed by atoms with Gasteiger partial charge >= 0.3 is 11.9 Å². The summed E-state index contributed by atoms with van der Waals surface area (Å²) in [5.74, 6) is -2.42. The van der Waals surface area contributed by atoms with Gasteiger partial charge < -0.3 is 9.84 Å². The number of carboxylic acid groups (broad SMARTS) is 1. The standard InChI is InChI=1S/C14H19NO6S/c1-4-21-14(18)11-5-7-12(8-6-11)22(19,20)15(3)9-10(2)13(16)17/h5-8,10H,4,9H2,1-3H3,(H,16,17). The second-order valence-corrected chi connectivity index (χ2v) is 6.81. The summed E-state index contributed by atoms with van der Waals surface area (Å²) in [7, 11) is -2.49. The first kappa shape index (κ1) is 18.1. The molecule has 1 unspecified atom stereocenters. The van der Waals surface area contributed by atoms with Crippen molar-refractivity contribution in [1.82, 2.24) is 4.31 Å². The van der Waals surface area contributed by atoms with Crippen molar-refractivity contribution in [3.8, 4) is 0 Å². The van der Waals surface area contributed by atoms with Crippen molar-refractivity contribution in [2.45, 2.75) is 18.7 Å². The molecule has 1 aromatic rings. The van der Waals surface area contributed by atoms with Gasteiger partial charge in [-0.1, -0.05) is 6.92 Å². The molecule has 8 heteroatoms. The highest BCUT2D eigenvalue weighted by Crippen LogP contribution is 2.17. The van der Waals surface area contributed by atoms with Gasteiger partial charge in [0.15, 0.2) is 0 Å². The van der Waals surface area contributed by atoms with Gasteiger partial charge in [-0.15, -0.1) is 0 Å². The Morgan fingerprint density at radius 2 is 1.82 bits per heavy atom. The van der Waals surface area contributed by atoms with Crippen LogP contribution in [0.3, 0.4) is 0 Å². The maximum atomic E-state index is 12.3. The molecule has 0 saturated carbocycles. The molecule has 1 aromatic carbocycles. The molecule has 0 aromatic heterocycles. The summed E-state index contributed by atoms with van der Waals surface area (Å²) in [5, 5.41) is 8.84. The molecule has 0 spiro atoms. The molecule has 0 amide bonds. The summed E-state index contributed by atoms with van der Waals surface area (Å²) in [6, 6.07) is 5.31. The van der Waals surface area contributed by atoms with Crippen LogP contribution in [0, 0.1) is 5.92 Å². The Balaban J connectivity index is 2.94. The van der Waals surface area contributed by atoms with E-state index in [4.69, 9.17) is 9.84 Å². The van der Waals surface area contributed by atoms with Gasteiger partial charge in [0.05, 0.1) is 23.0 Å². The van der Waals surface area contributed by atoms with Gasteiger partial charge in [0.25, 0.3) is 0 Å². The molecule has 0 aliphatic rings. The minimum atomic E-state index is -3.80. The fourth-order valence-corrected chi connectivity index (χ4v) is 2.98. The number of ether oxygens (including phenoxy) is 1. The smallest absolute Gasteiger partial charge is 0.338 e. The summed E-state index contributed by atoms with van der Waals surface area (Å²) < 4.78 is 30.4. The zero-order valence-electron chi connectivity index (χ0n) is 12.6. The fourth-order valence-electron chi connectivity index (χ4n) is 1.72. The Kier molecular flexibility index (Phi) is 6.07. The lowest BCUT2D eigenvalue weighted by Gasteiger charge is -2.19. The van der Waals surface area contributed by atoms with Crippen molar-refractivity contribution >= 4 is 22.0 Å². The van der Waals surface area contributed by atoms with Crippen molar-refractivity contribution in [3.63, 3.8) is 0 Å². The number of hydrogen-bond donors (Lipinski definition) is 1. The van der Waals surface area contributed by atoms with Crippen LogP contribution in [0.1, 0.15) is 24.2 Å². The molecule has 0 radical (unpaired) electrons. The highest BCUT2D eigenvalue weighted by Gasteiger charge is 2.25. The molecule has 7 nitrogen and oxygen atoms in total. The third-order valence-electron chi connectivity index (χ3n) is 3.03. The molecule has 1 atom stereocenters. The van der Waals surface area contributed by atoms with E-state index >= 15 is 0 Å². The third-order valence-corrected chi connectivity index (χ3v) is 4.86. The first-order valence-corrected chi connectivity index (χ1v) is 8.10. The summed E-state index contributed by atoms with van der Waals surface area (Å²) in [6.07, 6.45) is 0. The van der Waals surface area contributed by atoms with E-state index in [1.807, 2.05) is 0 Å². The number of esters is 1. The Morgan fingerprint density at radius 1 is 1.27 bits per heavy atom. The van der Waals surface area contributed by atoms with E-state index in [0.717, 1.165) is 4.31 Å². The average molecular weight is 329 g/mol. The van der Waals surface area contributed by atoms with Gasteiger partial charge in [0.1, 0.15) is 0 Å². The molecular weight excluding hydrogens is 310 g/mol. The Hall–Kier alpha value is -1.93.